The number of carbonyl (C=O) groups is 1. The van der Waals surface area contributed by atoms with Gasteiger partial charge in [-0.1, -0.05) is 13.3 Å². The summed E-state index contributed by atoms with van der Waals surface area (Å²) in [4.78, 5) is 13.9. The first kappa shape index (κ1) is 15.3. The summed E-state index contributed by atoms with van der Waals surface area (Å²) in [6.07, 6.45) is 4.46. The first-order valence-corrected chi connectivity index (χ1v) is 7.14. The van der Waals surface area contributed by atoms with E-state index >= 15 is 0 Å². The molecule has 0 radical (unpaired) electrons. The highest BCUT2D eigenvalue weighted by atomic mass is 16.6. The minimum absolute atomic E-state index is 0.165. The normalized spacial score (nSPS) is 15.6. The third kappa shape index (κ3) is 6.24. The Morgan fingerprint density at radius 1 is 1.33 bits per heavy atom. The number of hydrogen-bond donors (Lipinski definition) is 1. The van der Waals surface area contributed by atoms with Gasteiger partial charge in [0.15, 0.2) is 0 Å². The standard InChI is InChI=1S/C14H28N2O2/c1-5-6-9-15-10-11-16(12-7-8-12)13(17)18-14(2,3)4/h12,15H,5-11H2,1-4H3. The molecule has 1 rings (SSSR count). The van der Waals surface area contributed by atoms with E-state index in [0.29, 0.717) is 6.04 Å². The van der Waals surface area contributed by atoms with E-state index in [1.54, 1.807) is 0 Å². The number of rotatable bonds is 7. The van der Waals surface area contributed by atoms with Gasteiger partial charge in [0.05, 0.1) is 0 Å². The van der Waals surface area contributed by atoms with Crippen LogP contribution in [0.3, 0.4) is 0 Å². The first-order chi connectivity index (χ1) is 8.44. The highest BCUT2D eigenvalue weighted by Crippen LogP contribution is 2.27. The fourth-order valence-electron chi connectivity index (χ4n) is 1.76. The van der Waals surface area contributed by atoms with Gasteiger partial charge in [0.1, 0.15) is 5.60 Å². The van der Waals surface area contributed by atoms with Crippen molar-refractivity contribution in [3.05, 3.63) is 0 Å². The van der Waals surface area contributed by atoms with Crippen molar-refractivity contribution >= 4 is 6.09 Å². The molecule has 0 atom stereocenters. The van der Waals surface area contributed by atoms with Crippen LogP contribution < -0.4 is 5.32 Å². The SMILES string of the molecule is CCCCNCCN(C(=O)OC(C)(C)C)C1CC1. The minimum Gasteiger partial charge on any atom is -0.444 e. The van der Waals surface area contributed by atoms with Crippen LogP contribution in [-0.4, -0.2) is 42.3 Å². The molecule has 0 aromatic rings. The summed E-state index contributed by atoms with van der Waals surface area (Å²) in [6, 6.07) is 0.410. The molecule has 0 spiro atoms. The van der Waals surface area contributed by atoms with Gasteiger partial charge in [0, 0.05) is 19.1 Å². The summed E-state index contributed by atoms with van der Waals surface area (Å²) in [7, 11) is 0. The molecule has 0 aromatic carbocycles. The van der Waals surface area contributed by atoms with Crippen LogP contribution in [0.25, 0.3) is 0 Å². The Kier molecular flexibility index (Phi) is 5.93. The maximum atomic E-state index is 12.0. The van der Waals surface area contributed by atoms with Gasteiger partial charge in [-0.05, 0) is 46.6 Å². The lowest BCUT2D eigenvalue weighted by atomic mass is 10.2. The molecule has 106 valence electrons. The molecule has 1 amide bonds. The van der Waals surface area contributed by atoms with Crippen molar-refractivity contribution in [3.8, 4) is 0 Å². The Labute approximate surface area is 111 Å². The Morgan fingerprint density at radius 3 is 2.50 bits per heavy atom. The summed E-state index contributed by atoms with van der Waals surface area (Å²) in [5.74, 6) is 0. The van der Waals surface area contributed by atoms with Crippen LogP contribution in [0.2, 0.25) is 0 Å². The molecule has 1 aliphatic rings. The molecule has 0 unspecified atom stereocenters. The lowest BCUT2D eigenvalue weighted by molar-refractivity contribution is 0.0236. The molecular weight excluding hydrogens is 228 g/mol. The zero-order valence-corrected chi connectivity index (χ0v) is 12.3. The quantitative estimate of drug-likeness (QED) is 0.712. The molecule has 0 saturated heterocycles. The van der Waals surface area contributed by atoms with Gasteiger partial charge in [-0.3, -0.25) is 0 Å². The fraction of sp³-hybridized carbons (Fsp3) is 0.929. The number of unbranched alkanes of at least 4 members (excludes halogenated alkanes) is 1. The van der Waals surface area contributed by atoms with Gasteiger partial charge in [-0.25, -0.2) is 4.79 Å². The largest absolute Gasteiger partial charge is 0.444 e. The second kappa shape index (κ2) is 6.98. The zero-order chi connectivity index (χ0) is 13.6. The smallest absolute Gasteiger partial charge is 0.410 e. The number of amides is 1. The maximum Gasteiger partial charge on any atom is 0.410 e. The predicted octanol–water partition coefficient (Wildman–Crippen LogP) is 2.78. The van der Waals surface area contributed by atoms with E-state index < -0.39 is 5.60 Å². The monoisotopic (exact) mass is 256 g/mol. The lowest BCUT2D eigenvalue weighted by Gasteiger charge is -2.27. The molecule has 4 nitrogen and oxygen atoms in total. The highest BCUT2D eigenvalue weighted by Gasteiger charge is 2.34. The number of hydrogen-bond acceptors (Lipinski definition) is 3. The van der Waals surface area contributed by atoms with Crippen LogP contribution in [0.4, 0.5) is 4.79 Å². The van der Waals surface area contributed by atoms with Crippen LogP contribution >= 0.6 is 0 Å². The minimum atomic E-state index is -0.403. The predicted molar refractivity (Wildman–Crippen MR) is 73.7 cm³/mol. The second-order valence-electron chi connectivity index (χ2n) is 6.01. The summed E-state index contributed by atoms with van der Waals surface area (Å²) in [6.45, 7) is 10.6. The van der Waals surface area contributed by atoms with Crippen molar-refractivity contribution in [1.29, 1.82) is 0 Å². The van der Waals surface area contributed by atoms with E-state index in [9.17, 15) is 4.79 Å². The van der Waals surface area contributed by atoms with Crippen molar-refractivity contribution in [2.75, 3.05) is 19.6 Å². The molecule has 1 saturated carbocycles. The average Bonchev–Trinajstić information content (AvgIpc) is 3.04. The summed E-state index contributed by atoms with van der Waals surface area (Å²) in [5, 5.41) is 3.37. The molecule has 1 aliphatic carbocycles. The lowest BCUT2D eigenvalue weighted by Crippen LogP contribution is -2.41. The van der Waals surface area contributed by atoms with Crippen molar-refractivity contribution < 1.29 is 9.53 Å². The molecule has 0 aromatic heterocycles. The van der Waals surface area contributed by atoms with Crippen LogP contribution in [0.5, 0.6) is 0 Å². The van der Waals surface area contributed by atoms with Crippen LogP contribution in [0.15, 0.2) is 0 Å². The molecule has 4 heteroatoms. The number of nitrogens with one attached hydrogen (secondary N) is 1. The van der Waals surface area contributed by atoms with E-state index in [2.05, 4.69) is 12.2 Å². The Bertz CT molecular complexity index is 257. The van der Waals surface area contributed by atoms with Gasteiger partial charge in [0.2, 0.25) is 0 Å². The van der Waals surface area contributed by atoms with E-state index in [1.165, 1.54) is 12.8 Å². The Hall–Kier alpha value is -0.770. The Morgan fingerprint density at radius 2 is 2.00 bits per heavy atom. The van der Waals surface area contributed by atoms with Gasteiger partial charge in [0.25, 0.3) is 0 Å². The van der Waals surface area contributed by atoms with E-state index in [1.807, 2.05) is 25.7 Å². The van der Waals surface area contributed by atoms with Gasteiger partial charge < -0.3 is 15.0 Å². The molecule has 0 bridgehead atoms. The maximum absolute atomic E-state index is 12.0. The molecule has 0 aliphatic heterocycles. The molecule has 18 heavy (non-hydrogen) atoms. The molecular formula is C14H28N2O2. The van der Waals surface area contributed by atoms with E-state index in [0.717, 1.165) is 32.5 Å². The van der Waals surface area contributed by atoms with Gasteiger partial charge in [-0.15, -0.1) is 0 Å². The number of nitrogens with zero attached hydrogens (tertiary/aromatic N) is 1. The Balaban J connectivity index is 2.29. The van der Waals surface area contributed by atoms with Crippen molar-refractivity contribution in [1.82, 2.24) is 10.2 Å². The summed E-state index contributed by atoms with van der Waals surface area (Å²) in [5.41, 5.74) is -0.403. The number of ether oxygens (including phenoxy) is 1. The molecule has 1 fully saturated rings. The zero-order valence-electron chi connectivity index (χ0n) is 12.3. The van der Waals surface area contributed by atoms with Crippen LogP contribution in [-0.2, 0) is 4.74 Å². The van der Waals surface area contributed by atoms with Crippen molar-refractivity contribution in [2.24, 2.45) is 0 Å². The highest BCUT2D eigenvalue weighted by molar-refractivity contribution is 5.69. The van der Waals surface area contributed by atoms with Crippen molar-refractivity contribution in [2.45, 2.75) is 65.0 Å². The summed E-state index contributed by atoms with van der Waals surface area (Å²) >= 11 is 0. The van der Waals surface area contributed by atoms with E-state index in [4.69, 9.17) is 4.74 Å². The second-order valence-corrected chi connectivity index (χ2v) is 6.01. The molecule has 1 N–H and O–H groups in total. The van der Waals surface area contributed by atoms with Crippen molar-refractivity contribution in [3.63, 3.8) is 0 Å². The first-order valence-electron chi connectivity index (χ1n) is 7.14. The fourth-order valence-corrected chi connectivity index (χ4v) is 1.76. The van der Waals surface area contributed by atoms with Crippen LogP contribution in [0.1, 0.15) is 53.4 Å². The average molecular weight is 256 g/mol. The summed E-state index contributed by atoms with van der Waals surface area (Å²) < 4.78 is 5.44. The number of carbonyl (C=O) groups excluding carboxylic acids is 1. The van der Waals surface area contributed by atoms with E-state index in [-0.39, 0.29) is 6.09 Å². The van der Waals surface area contributed by atoms with Gasteiger partial charge >= 0.3 is 6.09 Å². The van der Waals surface area contributed by atoms with Crippen LogP contribution in [0, 0.1) is 0 Å². The third-order valence-corrected chi connectivity index (χ3v) is 2.85. The third-order valence-electron chi connectivity index (χ3n) is 2.85. The topological polar surface area (TPSA) is 41.6 Å². The molecule has 0 heterocycles. The van der Waals surface area contributed by atoms with Gasteiger partial charge in [-0.2, -0.15) is 0 Å².